The van der Waals surface area contributed by atoms with Gasteiger partial charge in [-0.3, -0.25) is 38.9 Å². The number of primary amides is 1. The number of hydrogen-bond donors (Lipinski definition) is 3. The number of nitrogens with two attached hydrogens (primary N) is 1. The summed E-state index contributed by atoms with van der Waals surface area (Å²) in [5, 5.41) is 9.77. The van der Waals surface area contributed by atoms with Gasteiger partial charge in [-0.15, -0.1) is 0 Å². The van der Waals surface area contributed by atoms with Gasteiger partial charge in [-0.1, -0.05) is 7.43 Å². The SMILES string of the molecule is C.CC(=O)/C=C\C(=O)O.COC(=O)N1C(=O)C=CC1=O.COC(=O)NC(=O)/C=C\C(C)=O.COC(N)=O.O=C1C=CC(=O)C1.[HH].[HH]. The van der Waals surface area contributed by atoms with E-state index in [0.717, 1.165) is 50.7 Å². The molecule has 44 heavy (non-hydrogen) atoms. The van der Waals surface area contributed by atoms with Crippen LogP contribution in [0.25, 0.3) is 0 Å². The van der Waals surface area contributed by atoms with Gasteiger partial charge in [0.15, 0.2) is 23.1 Å². The van der Waals surface area contributed by atoms with Gasteiger partial charge in [-0.05, 0) is 38.2 Å². The van der Waals surface area contributed by atoms with Crippen LogP contribution < -0.4 is 11.1 Å². The highest BCUT2D eigenvalue weighted by Gasteiger charge is 2.30. The lowest BCUT2D eigenvalue weighted by molar-refractivity contribution is -0.135. The Morgan fingerprint density at radius 1 is 0.773 bits per heavy atom. The number of hydrogen-bond acceptors (Lipinski definition) is 14. The van der Waals surface area contributed by atoms with Crippen molar-refractivity contribution >= 4 is 65.1 Å². The van der Waals surface area contributed by atoms with Crippen molar-refractivity contribution in [2.45, 2.75) is 27.7 Å². The molecule has 0 saturated carbocycles. The number of ether oxygens (including phenoxy) is 3. The Bertz CT molecular complexity index is 1190. The van der Waals surface area contributed by atoms with Gasteiger partial charge in [0.25, 0.3) is 17.7 Å². The Kier molecular flexibility index (Phi) is 26.4. The molecule has 0 saturated heterocycles. The van der Waals surface area contributed by atoms with Crippen LogP contribution in [0.4, 0.5) is 14.4 Å². The molecule has 0 fully saturated rings. The number of carboxylic acid groups (broad SMARTS) is 1. The van der Waals surface area contributed by atoms with Crippen molar-refractivity contribution in [1.82, 2.24) is 10.2 Å². The number of imide groups is 4. The maximum atomic E-state index is 10.7. The summed E-state index contributed by atoms with van der Waals surface area (Å²) in [6, 6.07) is 0. The van der Waals surface area contributed by atoms with E-state index in [9.17, 15) is 52.7 Å². The molecule has 0 unspecified atom stereocenters. The molecule has 2 rings (SSSR count). The first-order valence-corrected chi connectivity index (χ1v) is 11.1. The van der Waals surface area contributed by atoms with Crippen LogP contribution in [0.2, 0.25) is 0 Å². The van der Waals surface area contributed by atoms with Crippen LogP contribution in [0, 0.1) is 0 Å². The minimum atomic E-state index is -1.10. The van der Waals surface area contributed by atoms with E-state index < -0.39 is 42.0 Å². The van der Waals surface area contributed by atoms with E-state index in [1.54, 1.807) is 0 Å². The van der Waals surface area contributed by atoms with E-state index in [-0.39, 0.29) is 39.8 Å². The Morgan fingerprint density at radius 3 is 1.43 bits per heavy atom. The van der Waals surface area contributed by atoms with Gasteiger partial charge in [0.1, 0.15) is 0 Å². The number of carbonyl (C=O) groups is 11. The summed E-state index contributed by atoms with van der Waals surface area (Å²) >= 11 is 0. The maximum Gasteiger partial charge on any atom is 0.423 e. The van der Waals surface area contributed by atoms with E-state index in [0.29, 0.717) is 4.90 Å². The maximum absolute atomic E-state index is 10.7. The molecule has 0 aromatic heterocycles. The number of carboxylic acids is 1. The molecule has 6 amide bonds. The normalized spacial score (nSPS) is 12.1. The Labute approximate surface area is 254 Å². The molecule has 0 aromatic rings. The molecule has 1 aliphatic carbocycles. The first-order chi connectivity index (χ1) is 19.9. The first-order valence-electron chi connectivity index (χ1n) is 11.1. The number of nitrogens with one attached hydrogen (secondary N) is 1. The summed E-state index contributed by atoms with van der Waals surface area (Å²) in [7, 11) is 3.46. The van der Waals surface area contributed by atoms with Crippen LogP contribution in [0.5, 0.6) is 0 Å². The van der Waals surface area contributed by atoms with Crippen molar-refractivity contribution in [3.8, 4) is 0 Å². The third-order valence-corrected chi connectivity index (χ3v) is 3.51. The number of allylic oxidation sites excluding steroid dienone is 4. The highest BCUT2D eigenvalue weighted by atomic mass is 16.5. The van der Waals surface area contributed by atoms with Gasteiger partial charge in [0.2, 0.25) is 0 Å². The van der Waals surface area contributed by atoms with Crippen molar-refractivity contribution in [3.05, 3.63) is 48.6 Å². The molecule has 0 bridgehead atoms. The number of alkyl carbamates (subject to hydrolysis) is 1. The Morgan fingerprint density at radius 2 is 1.18 bits per heavy atom. The monoisotopic (exact) mass is 631 g/mol. The van der Waals surface area contributed by atoms with Crippen molar-refractivity contribution in [3.63, 3.8) is 0 Å². The number of nitrogens with zero attached hydrogens (tertiary/aromatic N) is 1. The Hall–Kier alpha value is -6.07. The minimum absolute atomic E-state index is 0. The summed E-state index contributed by atoms with van der Waals surface area (Å²) in [6.45, 7) is 2.58. The zero-order valence-electron chi connectivity index (χ0n) is 23.5. The molecule has 0 atom stereocenters. The van der Waals surface area contributed by atoms with E-state index in [4.69, 9.17) is 5.11 Å². The number of methoxy groups -OCH3 is 3. The quantitative estimate of drug-likeness (QED) is 0.168. The van der Waals surface area contributed by atoms with Gasteiger partial charge in [0.05, 0.1) is 27.8 Å². The molecule has 2 aliphatic rings. The second-order valence-corrected chi connectivity index (χ2v) is 6.99. The van der Waals surface area contributed by atoms with Gasteiger partial charge in [-0.2, -0.15) is 4.90 Å². The predicted octanol–water partition coefficient (Wildman–Crippen LogP) is 0.832. The highest BCUT2D eigenvalue weighted by Crippen LogP contribution is 2.04. The lowest BCUT2D eigenvalue weighted by atomic mass is 10.3. The molecule has 18 heteroatoms. The molecule has 0 spiro atoms. The van der Waals surface area contributed by atoms with Crippen LogP contribution in [0.15, 0.2) is 48.6 Å². The number of amides is 6. The molecule has 1 heterocycles. The summed E-state index contributed by atoms with van der Waals surface area (Å²) in [6.07, 6.45) is 5.99. The molecule has 1 aliphatic heterocycles. The fraction of sp³-hybridized carbons (Fsp3) is 0.269. The zero-order valence-corrected chi connectivity index (χ0v) is 23.5. The third kappa shape index (κ3) is 27.5. The van der Waals surface area contributed by atoms with Gasteiger partial charge < -0.3 is 25.1 Å². The van der Waals surface area contributed by atoms with Crippen LogP contribution in [-0.2, 0) is 52.6 Å². The van der Waals surface area contributed by atoms with Crippen molar-refractivity contribution in [1.29, 1.82) is 0 Å². The van der Waals surface area contributed by atoms with Gasteiger partial charge in [-0.25, -0.2) is 19.2 Å². The third-order valence-electron chi connectivity index (χ3n) is 3.51. The zero-order chi connectivity index (χ0) is 34.1. The Balaban J connectivity index is -0.000000110. The van der Waals surface area contributed by atoms with Crippen LogP contribution in [-0.4, -0.2) is 96.4 Å². The second-order valence-electron chi connectivity index (χ2n) is 6.99. The highest BCUT2D eigenvalue weighted by molar-refractivity contribution is 6.21. The first kappa shape index (κ1) is 44.9. The van der Waals surface area contributed by atoms with Crippen molar-refractivity contribution in [2.24, 2.45) is 5.73 Å². The molecule has 246 valence electrons. The van der Waals surface area contributed by atoms with E-state index in [1.165, 1.54) is 33.1 Å². The van der Waals surface area contributed by atoms with Crippen LogP contribution in [0.1, 0.15) is 30.5 Å². The summed E-state index contributed by atoms with van der Waals surface area (Å²) < 4.78 is 12.2. The van der Waals surface area contributed by atoms with Crippen molar-refractivity contribution < 1.29 is 74.9 Å². The average Bonchev–Trinajstić information content (AvgIpc) is 3.48. The number of ketones is 4. The molecule has 18 nitrogen and oxygen atoms in total. The largest absolute Gasteiger partial charge is 0.478 e. The van der Waals surface area contributed by atoms with Crippen molar-refractivity contribution in [2.75, 3.05) is 21.3 Å². The van der Waals surface area contributed by atoms with Gasteiger partial charge >= 0.3 is 24.2 Å². The van der Waals surface area contributed by atoms with E-state index in [2.05, 4.69) is 19.9 Å². The minimum Gasteiger partial charge on any atom is -0.478 e. The molecular formula is C26H37N3O15. The smallest absolute Gasteiger partial charge is 0.423 e. The lowest BCUT2D eigenvalue weighted by Gasteiger charge is -2.08. The number of rotatable bonds is 4. The molecule has 4 N–H and O–H groups in total. The predicted molar refractivity (Wildman–Crippen MR) is 153 cm³/mol. The van der Waals surface area contributed by atoms with Gasteiger partial charge in [0, 0.05) is 27.2 Å². The summed E-state index contributed by atoms with van der Waals surface area (Å²) in [4.78, 5) is 113. The van der Waals surface area contributed by atoms with E-state index in [1.807, 2.05) is 5.32 Å². The molecule has 0 aromatic carbocycles. The lowest BCUT2D eigenvalue weighted by Crippen LogP contribution is -2.35. The average molecular weight is 632 g/mol. The number of aliphatic carboxylic acids is 1. The summed E-state index contributed by atoms with van der Waals surface area (Å²) in [5.41, 5.74) is 4.43. The standard InChI is InChI=1S/C7H9NO4.C6H5NO4.C5H6O3.C5H4O2.C2H5NO2.CH4.2H2/c1-5(9)3-4-6(10)8-7(11)12-2;1-11-6(10)7-4(8)2-3-5(7)9;1-4(6)2-3-5(7)8;6-4-1-2-5(7)3-4;1-5-2(3)4;;;/h3-4H,1-2H3,(H,8,10,11);2-3H,1H3;2-3H,1H3,(H,7,8);1-2H,3H2;1H3,(H2,3,4);1H4;2*1H/b4-3-;;3-2-;;;;;. The van der Waals surface area contributed by atoms with Crippen LogP contribution >= 0.6 is 0 Å². The summed E-state index contributed by atoms with van der Waals surface area (Å²) in [5.74, 6) is -3.79. The molecule has 0 radical (unpaired) electrons. The topological polar surface area (TPSA) is 277 Å². The van der Waals surface area contributed by atoms with E-state index >= 15 is 0 Å². The number of carbonyl (C=O) groups excluding carboxylic acids is 10. The molecular weight excluding hydrogens is 594 g/mol. The van der Waals surface area contributed by atoms with Crippen LogP contribution in [0.3, 0.4) is 0 Å². The fourth-order valence-electron chi connectivity index (χ4n) is 1.72. The second kappa shape index (κ2) is 25.9. The fourth-order valence-corrected chi connectivity index (χ4v) is 1.72.